The maximum absolute atomic E-state index is 13.0. The highest BCUT2D eigenvalue weighted by atomic mass is 79.9. The van der Waals surface area contributed by atoms with Crippen molar-refractivity contribution >= 4 is 33.3 Å². The van der Waals surface area contributed by atoms with Gasteiger partial charge in [0.15, 0.2) is 5.82 Å². The van der Waals surface area contributed by atoms with Crippen molar-refractivity contribution in [3.8, 4) is 5.75 Å². The molecular weight excluding hydrogens is 505 g/mol. The molecule has 1 amide bonds. The first-order valence-corrected chi connectivity index (χ1v) is 11.8. The summed E-state index contributed by atoms with van der Waals surface area (Å²) in [7, 11) is 0. The van der Waals surface area contributed by atoms with Gasteiger partial charge in [0.1, 0.15) is 5.75 Å². The predicted octanol–water partition coefficient (Wildman–Crippen LogP) is 4.49. The second-order valence-corrected chi connectivity index (χ2v) is 9.47. The lowest BCUT2D eigenvalue weighted by Gasteiger charge is -2.33. The lowest BCUT2D eigenvalue weighted by Crippen LogP contribution is -2.35. The first-order chi connectivity index (χ1) is 15.7. The molecule has 7 nitrogen and oxygen atoms in total. The second kappa shape index (κ2) is 8.50. The zero-order valence-electron chi connectivity index (χ0n) is 18.1. The molecule has 1 aromatic heterocycles. The summed E-state index contributed by atoms with van der Waals surface area (Å²) in [6, 6.07) is 3.25. The van der Waals surface area contributed by atoms with Gasteiger partial charge in [0.2, 0.25) is 5.91 Å². The molecule has 0 bridgehead atoms. The van der Waals surface area contributed by atoms with Gasteiger partial charge in [-0.2, -0.15) is 5.10 Å². The minimum absolute atomic E-state index is 0.00705. The molecule has 33 heavy (non-hydrogen) atoms. The summed E-state index contributed by atoms with van der Waals surface area (Å²) < 4.78 is 51.0. The lowest BCUT2D eigenvalue weighted by atomic mass is 10.00. The Morgan fingerprint density at radius 2 is 2.09 bits per heavy atom. The van der Waals surface area contributed by atoms with E-state index >= 15 is 0 Å². The van der Waals surface area contributed by atoms with Crippen LogP contribution in [-0.2, 0) is 28.9 Å². The monoisotopic (exact) mass is 528 g/mol. The van der Waals surface area contributed by atoms with Gasteiger partial charge < -0.3 is 19.3 Å². The number of carbonyl (C=O) groups is 1. The number of fused-ring (bicyclic) bond motifs is 2. The largest absolute Gasteiger partial charge is 0.573 e. The van der Waals surface area contributed by atoms with E-state index in [4.69, 9.17) is 9.84 Å². The third-order valence-electron chi connectivity index (χ3n) is 6.49. The van der Waals surface area contributed by atoms with Crippen LogP contribution in [0.1, 0.15) is 42.6 Å². The molecule has 178 valence electrons. The third-order valence-corrected chi connectivity index (χ3v) is 7.11. The van der Waals surface area contributed by atoms with Gasteiger partial charge >= 0.3 is 6.36 Å². The van der Waals surface area contributed by atoms with Crippen molar-refractivity contribution in [1.82, 2.24) is 14.7 Å². The maximum atomic E-state index is 13.0. The molecule has 0 saturated carbocycles. The standard InChI is InChI=1S/C22H24BrF3N4O3/c1-13(31)28-7-4-18-16(11-28)21(27-30(18)15-5-8-32-12-15)29-6-2-3-14-9-17(23)20(10-19(14)29)33-22(24,25)26/h9-10,15H,2-8,11-12H2,1H3. The van der Waals surface area contributed by atoms with Crippen molar-refractivity contribution in [1.29, 1.82) is 0 Å². The number of rotatable bonds is 3. The van der Waals surface area contributed by atoms with Crippen LogP contribution in [0.15, 0.2) is 16.6 Å². The SMILES string of the molecule is CC(=O)N1CCc2c(c(N3CCCc4cc(Br)c(OC(F)(F)F)cc43)nn2C2CCOC2)C1. The van der Waals surface area contributed by atoms with Crippen LogP contribution in [0, 0.1) is 0 Å². The number of ether oxygens (including phenoxy) is 2. The third kappa shape index (κ3) is 4.32. The Morgan fingerprint density at radius 3 is 2.79 bits per heavy atom. The molecule has 2 aromatic rings. The zero-order valence-corrected chi connectivity index (χ0v) is 19.7. The number of carbonyl (C=O) groups excluding carboxylic acids is 1. The van der Waals surface area contributed by atoms with E-state index in [1.165, 1.54) is 6.07 Å². The van der Waals surface area contributed by atoms with Crippen LogP contribution in [0.3, 0.4) is 0 Å². The van der Waals surface area contributed by atoms with E-state index in [9.17, 15) is 18.0 Å². The first kappa shape index (κ1) is 22.5. The van der Waals surface area contributed by atoms with Gasteiger partial charge in [-0.3, -0.25) is 9.48 Å². The van der Waals surface area contributed by atoms with E-state index in [0.29, 0.717) is 50.8 Å². The van der Waals surface area contributed by atoms with Crippen LogP contribution >= 0.6 is 15.9 Å². The fourth-order valence-corrected chi connectivity index (χ4v) is 5.41. The van der Waals surface area contributed by atoms with Crippen LogP contribution in [0.2, 0.25) is 0 Å². The molecule has 11 heteroatoms. The van der Waals surface area contributed by atoms with Gasteiger partial charge in [-0.1, -0.05) is 0 Å². The molecule has 0 spiro atoms. The number of hydrogen-bond donors (Lipinski definition) is 0. The van der Waals surface area contributed by atoms with Gasteiger partial charge in [0.25, 0.3) is 0 Å². The molecule has 1 saturated heterocycles. The molecule has 3 aliphatic heterocycles. The van der Waals surface area contributed by atoms with Crippen molar-refractivity contribution in [2.45, 2.75) is 51.6 Å². The van der Waals surface area contributed by atoms with Gasteiger partial charge in [-0.15, -0.1) is 13.2 Å². The van der Waals surface area contributed by atoms with E-state index in [1.54, 1.807) is 17.9 Å². The highest BCUT2D eigenvalue weighted by Crippen LogP contribution is 2.43. The second-order valence-electron chi connectivity index (χ2n) is 8.62. The topological polar surface area (TPSA) is 59.8 Å². The van der Waals surface area contributed by atoms with Crippen molar-refractivity contribution in [3.05, 3.63) is 33.4 Å². The van der Waals surface area contributed by atoms with E-state index in [-0.39, 0.29) is 22.2 Å². The fraction of sp³-hybridized carbons (Fsp3) is 0.545. The number of aromatic nitrogens is 2. The van der Waals surface area contributed by atoms with Gasteiger partial charge in [0, 0.05) is 56.1 Å². The minimum Gasteiger partial charge on any atom is -0.405 e. The van der Waals surface area contributed by atoms with Crippen molar-refractivity contribution in [2.75, 3.05) is 31.2 Å². The highest BCUT2D eigenvalue weighted by molar-refractivity contribution is 9.10. The quantitative estimate of drug-likeness (QED) is 0.587. The summed E-state index contributed by atoms with van der Waals surface area (Å²) in [5.41, 5.74) is 3.61. The average molecular weight is 529 g/mol. The first-order valence-electron chi connectivity index (χ1n) is 11.0. The fourth-order valence-electron chi connectivity index (χ4n) is 4.94. The Balaban J connectivity index is 1.60. The molecule has 0 N–H and O–H groups in total. The summed E-state index contributed by atoms with van der Waals surface area (Å²) in [6.45, 7) is 4.47. The van der Waals surface area contributed by atoms with Gasteiger partial charge in [-0.05, 0) is 46.8 Å². The molecule has 3 aliphatic rings. The Morgan fingerprint density at radius 1 is 1.27 bits per heavy atom. The van der Waals surface area contributed by atoms with Crippen LogP contribution < -0.4 is 9.64 Å². The zero-order chi connectivity index (χ0) is 23.3. The Kier molecular flexibility index (Phi) is 5.80. The summed E-state index contributed by atoms with van der Waals surface area (Å²) >= 11 is 3.22. The van der Waals surface area contributed by atoms with E-state index < -0.39 is 6.36 Å². The number of nitrogens with zero attached hydrogens (tertiary/aromatic N) is 4. The number of hydrogen-bond acceptors (Lipinski definition) is 5. The number of halogens is 4. The van der Waals surface area contributed by atoms with Crippen LogP contribution in [0.4, 0.5) is 24.7 Å². The Labute approximate surface area is 197 Å². The van der Waals surface area contributed by atoms with Crippen LogP contribution in [0.25, 0.3) is 0 Å². The molecule has 5 rings (SSSR count). The van der Waals surface area contributed by atoms with Crippen molar-refractivity contribution < 1.29 is 27.4 Å². The molecule has 1 fully saturated rings. The smallest absolute Gasteiger partial charge is 0.405 e. The van der Waals surface area contributed by atoms with Gasteiger partial charge in [-0.25, -0.2) is 0 Å². The van der Waals surface area contributed by atoms with Crippen molar-refractivity contribution in [2.24, 2.45) is 0 Å². The molecule has 1 unspecified atom stereocenters. The molecular formula is C22H24BrF3N4O3. The normalized spacial score (nSPS) is 20.6. The Bertz CT molecular complexity index is 1080. The molecule has 4 heterocycles. The van der Waals surface area contributed by atoms with E-state index in [0.717, 1.165) is 36.1 Å². The number of alkyl halides is 3. The van der Waals surface area contributed by atoms with Crippen LogP contribution in [-0.4, -0.2) is 53.3 Å². The van der Waals surface area contributed by atoms with E-state index in [1.807, 2.05) is 9.58 Å². The molecule has 0 aliphatic carbocycles. The predicted molar refractivity (Wildman–Crippen MR) is 118 cm³/mol. The average Bonchev–Trinajstić information content (AvgIpc) is 3.40. The summed E-state index contributed by atoms with van der Waals surface area (Å²) in [4.78, 5) is 15.9. The summed E-state index contributed by atoms with van der Waals surface area (Å²) in [6.07, 6.45) is -1.67. The maximum Gasteiger partial charge on any atom is 0.573 e. The van der Waals surface area contributed by atoms with Crippen LogP contribution in [0.5, 0.6) is 5.75 Å². The highest BCUT2D eigenvalue weighted by Gasteiger charge is 2.36. The summed E-state index contributed by atoms with van der Waals surface area (Å²) in [5, 5.41) is 4.97. The molecule has 1 aromatic carbocycles. The summed E-state index contributed by atoms with van der Waals surface area (Å²) in [5.74, 6) is 0.410. The lowest BCUT2D eigenvalue weighted by molar-refractivity contribution is -0.274. The van der Waals surface area contributed by atoms with Crippen molar-refractivity contribution in [3.63, 3.8) is 0 Å². The number of aryl methyl sites for hydroxylation is 1. The minimum atomic E-state index is -4.79. The number of benzene rings is 1. The Hall–Kier alpha value is -2.27. The molecule has 1 atom stereocenters. The number of amides is 1. The molecule has 0 radical (unpaired) electrons. The number of anilines is 2. The van der Waals surface area contributed by atoms with Gasteiger partial charge in [0.05, 0.1) is 23.7 Å². The van der Waals surface area contributed by atoms with E-state index in [2.05, 4.69) is 20.7 Å².